The number of hydrogen-bond donors (Lipinski definition) is 1. The molecule has 16 heavy (non-hydrogen) atoms. The van der Waals surface area contributed by atoms with Gasteiger partial charge >= 0.3 is 0 Å². The highest BCUT2D eigenvalue weighted by Gasteiger charge is 2.09. The first-order chi connectivity index (χ1) is 7.58. The average Bonchev–Trinajstić information content (AvgIpc) is 2.54. The summed E-state index contributed by atoms with van der Waals surface area (Å²) < 4.78 is 3.10. The van der Waals surface area contributed by atoms with Crippen LogP contribution in [0.15, 0.2) is 28.3 Å². The third kappa shape index (κ3) is 2.32. The number of nitrogens with two attached hydrogens (primary N) is 1. The van der Waals surface area contributed by atoms with E-state index >= 15 is 0 Å². The zero-order valence-electron chi connectivity index (χ0n) is 8.94. The lowest BCUT2D eigenvalue weighted by Gasteiger charge is -2.04. The van der Waals surface area contributed by atoms with Gasteiger partial charge in [0.1, 0.15) is 5.82 Å². The molecule has 4 nitrogen and oxygen atoms in total. The van der Waals surface area contributed by atoms with Crippen molar-refractivity contribution in [1.29, 1.82) is 0 Å². The molecule has 1 aromatic carbocycles. The van der Waals surface area contributed by atoms with Crippen molar-refractivity contribution in [3.63, 3.8) is 0 Å². The molecule has 0 atom stereocenters. The van der Waals surface area contributed by atoms with E-state index in [4.69, 9.17) is 5.73 Å². The molecule has 0 saturated heterocycles. The number of aryl methyl sites for hydroxylation is 1. The molecule has 0 aliphatic carbocycles. The Morgan fingerprint density at radius 1 is 1.38 bits per heavy atom. The minimum Gasteiger partial charge on any atom is -0.399 e. The van der Waals surface area contributed by atoms with E-state index in [0.29, 0.717) is 0 Å². The van der Waals surface area contributed by atoms with Gasteiger partial charge < -0.3 is 10.3 Å². The molecule has 0 unspecified atom stereocenters. The highest BCUT2D eigenvalue weighted by molar-refractivity contribution is 14.1. The van der Waals surface area contributed by atoms with Crippen molar-refractivity contribution < 1.29 is 0 Å². The summed E-state index contributed by atoms with van der Waals surface area (Å²) in [6.07, 6.45) is 0. The first kappa shape index (κ1) is 11.7. The van der Waals surface area contributed by atoms with Crippen LogP contribution in [0.25, 0.3) is 0 Å². The van der Waals surface area contributed by atoms with E-state index < -0.39 is 0 Å². The summed E-state index contributed by atoms with van der Waals surface area (Å²) in [7, 11) is 1.96. The fourth-order valence-corrected chi connectivity index (χ4v) is 2.88. The Labute approximate surface area is 112 Å². The largest absolute Gasteiger partial charge is 0.399 e. The van der Waals surface area contributed by atoms with Gasteiger partial charge in [0.25, 0.3) is 0 Å². The first-order valence-electron chi connectivity index (χ1n) is 4.67. The van der Waals surface area contributed by atoms with E-state index in [1.54, 1.807) is 11.8 Å². The molecule has 84 valence electrons. The number of aromatic nitrogens is 3. The number of hydrogen-bond acceptors (Lipinski definition) is 4. The van der Waals surface area contributed by atoms with Crippen LogP contribution in [0.3, 0.4) is 0 Å². The smallest absolute Gasteiger partial charge is 0.195 e. The quantitative estimate of drug-likeness (QED) is 0.671. The van der Waals surface area contributed by atoms with E-state index in [1.165, 1.54) is 0 Å². The topological polar surface area (TPSA) is 56.7 Å². The second kappa shape index (κ2) is 4.62. The van der Waals surface area contributed by atoms with Crippen molar-refractivity contribution in [3.05, 3.63) is 27.6 Å². The number of halogens is 1. The van der Waals surface area contributed by atoms with Crippen LogP contribution in [0.5, 0.6) is 0 Å². The summed E-state index contributed by atoms with van der Waals surface area (Å²) in [5.41, 5.74) is 6.49. The van der Waals surface area contributed by atoms with E-state index in [0.717, 1.165) is 25.1 Å². The summed E-state index contributed by atoms with van der Waals surface area (Å²) in [6.45, 7) is 1.94. The van der Waals surface area contributed by atoms with Crippen molar-refractivity contribution >= 4 is 40.0 Å². The van der Waals surface area contributed by atoms with Gasteiger partial charge in [-0.25, -0.2) is 0 Å². The SMILES string of the molecule is Cc1nnc(Sc2ccc(N)cc2I)n1C. The van der Waals surface area contributed by atoms with Gasteiger partial charge in [0.15, 0.2) is 5.16 Å². The molecule has 2 rings (SSSR count). The fraction of sp³-hybridized carbons (Fsp3) is 0.200. The Morgan fingerprint density at radius 3 is 2.69 bits per heavy atom. The van der Waals surface area contributed by atoms with Crippen LogP contribution in [0.4, 0.5) is 5.69 Å². The summed E-state index contributed by atoms with van der Waals surface area (Å²) in [5, 5.41) is 9.03. The average molecular weight is 346 g/mol. The molecule has 2 N–H and O–H groups in total. The standard InChI is InChI=1S/C10H11IN4S/c1-6-13-14-10(15(6)2)16-9-4-3-7(12)5-8(9)11/h3-5H,12H2,1-2H3. The van der Waals surface area contributed by atoms with Gasteiger partial charge in [-0.3, -0.25) is 0 Å². The van der Waals surface area contributed by atoms with Crippen molar-refractivity contribution in [3.8, 4) is 0 Å². The van der Waals surface area contributed by atoms with E-state index in [1.807, 2.05) is 36.7 Å². The second-order valence-corrected chi connectivity index (χ2v) is 5.55. The molecular formula is C10H11IN4S. The Hall–Kier alpha value is -0.760. The van der Waals surface area contributed by atoms with Crippen molar-refractivity contribution in [1.82, 2.24) is 14.8 Å². The summed E-state index contributed by atoms with van der Waals surface area (Å²) >= 11 is 3.87. The predicted molar refractivity (Wildman–Crippen MR) is 73.4 cm³/mol. The van der Waals surface area contributed by atoms with Crippen LogP contribution in [0.1, 0.15) is 5.82 Å². The van der Waals surface area contributed by atoms with Crippen LogP contribution in [-0.2, 0) is 7.05 Å². The van der Waals surface area contributed by atoms with Gasteiger partial charge in [-0.05, 0) is 59.5 Å². The number of benzene rings is 1. The number of nitrogens with zero attached hydrogens (tertiary/aromatic N) is 3. The van der Waals surface area contributed by atoms with Gasteiger partial charge in [0.05, 0.1) is 0 Å². The zero-order chi connectivity index (χ0) is 11.7. The molecule has 0 fully saturated rings. The molecule has 0 saturated carbocycles. The van der Waals surface area contributed by atoms with Gasteiger partial charge in [0, 0.05) is 21.2 Å². The van der Waals surface area contributed by atoms with Gasteiger partial charge in [-0.1, -0.05) is 0 Å². The highest BCUT2D eigenvalue weighted by Crippen LogP contribution is 2.31. The molecule has 2 aromatic rings. The molecule has 0 aliphatic rings. The third-order valence-corrected chi connectivity index (χ3v) is 4.58. The Balaban J connectivity index is 2.30. The second-order valence-electron chi connectivity index (χ2n) is 3.38. The lowest BCUT2D eigenvalue weighted by Crippen LogP contribution is -1.94. The van der Waals surface area contributed by atoms with Gasteiger partial charge in [0.2, 0.25) is 0 Å². The molecule has 0 spiro atoms. The van der Waals surface area contributed by atoms with Crippen LogP contribution in [0, 0.1) is 10.5 Å². The van der Waals surface area contributed by atoms with E-state index in [2.05, 4.69) is 32.8 Å². The number of anilines is 1. The lowest BCUT2D eigenvalue weighted by atomic mass is 10.3. The zero-order valence-corrected chi connectivity index (χ0v) is 11.9. The fourth-order valence-electron chi connectivity index (χ4n) is 1.17. The van der Waals surface area contributed by atoms with Crippen LogP contribution < -0.4 is 5.73 Å². The van der Waals surface area contributed by atoms with Crippen LogP contribution in [0.2, 0.25) is 0 Å². The van der Waals surface area contributed by atoms with Gasteiger partial charge in [-0.15, -0.1) is 10.2 Å². The maximum atomic E-state index is 5.71. The molecule has 6 heteroatoms. The minimum atomic E-state index is 0.780. The highest BCUT2D eigenvalue weighted by atomic mass is 127. The molecule has 0 bridgehead atoms. The molecular weight excluding hydrogens is 335 g/mol. The maximum absolute atomic E-state index is 5.71. The normalized spacial score (nSPS) is 10.7. The van der Waals surface area contributed by atoms with Gasteiger partial charge in [-0.2, -0.15) is 0 Å². The first-order valence-corrected chi connectivity index (χ1v) is 6.56. The van der Waals surface area contributed by atoms with Crippen LogP contribution in [-0.4, -0.2) is 14.8 Å². The Kier molecular flexibility index (Phi) is 3.38. The molecule has 1 aromatic heterocycles. The van der Waals surface area contributed by atoms with Crippen molar-refractivity contribution in [2.45, 2.75) is 17.0 Å². The molecule has 0 amide bonds. The minimum absolute atomic E-state index is 0.780. The maximum Gasteiger partial charge on any atom is 0.195 e. The summed E-state index contributed by atoms with van der Waals surface area (Å²) in [4.78, 5) is 1.14. The lowest BCUT2D eigenvalue weighted by molar-refractivity contribution is 0.765. The summed E-state index contributed by atoms with van der Waals surface area (Å²) in [5.74, 6) is 0.910. The van der Waals surface area contributed by atoms with E-state index in [9.17, 15) is 0 Å². The van der Waals surface area contributed by atoms with Crippen molar-refractivity contribution in [2.24, 2.45) is 7.05 Å². The van der Waals surface area contributed by atoms with Crippen molar-refractivity contribution in [2.75, 3.05) is 5.73 Å². The van der Waals surface area contributed by atoms with E-state index in [-0.39, 0.29) is 0 Å². The Bertz CT molecular complexity index is 524. The van der Waals surface area contributed by atoms with Crippen LogP contribution >= 0.6 is 34.4 Å². The third-order valence-electron chi connectivity index (χ3n) is 2.21. The monoisotopic (exact) mass is 346 g/mol. The Morgan fingerprint density at radius 2 is 2.12 bits per heavy atom. The molecule has 0 radical (unpaired) electrons. The molecule has 0 aliphatic heterocycles. The predicted octanol–water partition coefficient (Wildman–Crippen LogP) is 2.46. The summed E-state index contributed by atoms with van der Waals surface area (Å²) in [6, 6.07) is 5.85. The molecule has 1 heterocycles. The number of nitrogen functional groups attached to an aromatic ring is 1. The number of rotatable bonds is 2.